The van der Waals surface area contributed by atoms with Gasteiger partial charge in [0, 0.05) is 42.3 Å². The van der Waals surface area contributed by atoms with E-state index in [1.165, 1.54) is 61.0 Å². The molecular formula is C16H23IN2. The van der Waals surface area contributed by atoms with Gasteiger partial charge >= 0.3 is 0 Å². The number of hydrogen-bond acceptors (Lipinski definition) is 2. The van der Waals surface area contributed by atoms with Gasteiger partial charge in [0.1, 0.15) is 0 Å². The van der Waals surface area contributed by atoms with E-state index in [1.54, 1.807) is 0 Å². The molecule has 104 valence electrons. The lowest BCUT2D eigenvalue weighted by Gasteiger charge is -2.38. The summed E-state index contributed by atoms with van der Waals surface area (Å²) in [5.41, 5.74) is 1.45. The molecule has 0 radical (unpaired) electrons. The predicted octanol–water partition coefficient (Wildman–Crippen LogP) is 3.35. The first kappa shape index (κ1) is 13.8. The first-order valence-corrected chi connectivity index (χ1v) is 8.60. The summed E-state index contributed by atoms with van der Waals surface area (Å²) in [6.45, 7) is 6.14. The Kier molecular flexibility index (Phi) is 4.77. The number of nitrogens with zero attached hydrogens (tertiary/aromatic N) is 2. The fraction of sp³-hybridized carbons (Fsp3) is 0.625. The van der Waals surface area contributed by atoms with Crippen molar-refractivity contribution in [1.82, 2.24) is 9.80 Å². The first-order chi connectivity index (χ1) is 9.31. The molecule has 19 heavy (non-hydrogen) atoms. The predicted molar refractivity (Wildman–Crippen MR) is 88.3 cm³/mol. The van der Waals surface area contributed by atoms with Crippen LogP contribution in [0.2, 0.25) is 0 Å². The second kappa shape index (κ2) is 6.55. The van der Waals surface area contributed by atoms with Crippen LogP contribution in [0.3, 0.4) is 0 Å². The second-order valence-electron chi connectivity index (χ2n) is 5.88. The standard InChI is InChI=1S/C16H23IN2/c17-15-7-5-14(6-8-15)13-18-9-11-19(12-10-18)16-3-1-2-4-16/h5-8,16H,1-4,9-13H2. The maximum absolute atomic E-state index is 2.73. The van der Waals surface area contributed by atoms with Crippen molar-refractivity contribution in [2.24, 2.45) is 0 Å². The molecule has 0 N–H and O–H groups in total. The van der Waals surface area contributed by atoms with Crippen molar-refractivity contribution < 1.29 is 0 Å². The number of piperazine rings is 1. The number of benzene rings is 1. The molecule has 0 amide bonds. The zero-order valence-corrected chi connectivity index (χ0v) is 13.7. The zero-order valence-electron chi connectivity index (χ0n) is 11.5. The molecule has 1 aliphatic carbocycles. The highest BCUT2D eigenvalue weighted by molar-refractivity contribution is 14.1. The summed E-state index contributed by atoms with van der Waals surface area (Å²) in [5, 5.41) is 0. The number of hydrogen-bond donors (Lipinski definition) is 0. The minimum Gasteiger partial charge on any atom is -0.298 e. The van der Waals surface area contributed by atoms with Gasteiger partial charge < -0.3 is 0 Å². The van der Waals surface area contributed by atoms with Crippen LogP contribution in [0.15, 0.2) is 24.3 Å². The van der Waals surface area contributed by atoms with Crippen LogP contribution < -0.4 is 0 Å². The molecule has 2 fully saturated rings. The van der Waals surface area contributed by atoms with E-state index in [0.29, 0.717) is 0 Å². The lowest BCUT2D eigenvalue weighted by Crippen LogP contribution is -2.49. The van der Waals surface area contributed by atoms with Crippen LogP contribution in [0.1, 0.15) is 31.2 Å². The van der Waals surface area contributed by atoms with Crippen molar-refractivity contribution >= 4 is 22.6 Å². The third kappa shape index (κ3) is 3.70. The highest BCUT2D eigenvalue weighted by Gasteiger charge is 2.25. The van der Waals surface area contributed by atoms with E-state index >= 15 is 0 Å². The summed E-state index contributed by atoms with van der Waals surface area (Å²) in [5.74, 6) is 0. The van der Waals surface area contributed by atoms with E-state index < -0.39 is 0 Å². The maximum atomic E-state index is 2.73. The summed E-state index contributed by atoms with van der Waals surface area (Å²) < 4.78 is 1.33. The molecule has 0 unspecified atom stereocenters. The van der Waals surface area contributed by atoms with E-state index in [-0.39, 0.29) is 0 Å². The molecule has 2 aliphatic rings. The third-order valence-electron chi connectivity index (χ3n) is 4.57. The van der Waals surface area contributed by atoms with Gasteiger partial charge in [-0.3, -0.25) is 9.80 Å². The second-order valence-corrected chi connectivity index (χ2v) is 7.12. The van der Waals surface area contributed by atoms with Crippen molar-refractivity contribution in [3.05, 3.63) is 33.4 Å². The van der Waals surface area contributed by atoms with Gasteiger partial charge in [0.2, 0.25) is 0 Å². The average molecular weight is 370 g/mol. The van der Waals surface area contributed by atoms with Gasteiger partial charge in [-0.15, -0.1) is 0 Å². The van der Waals surface area contributed by atoms with Crippen LogP contribution in [-0.2, 0) is 6.54 Å². The Hall–Kier alpha value is -0.130. The summed E-state index contributed by atoms with van der Waals surface area (Å²) in [6, 6.07) is 9.87. The molecule has 1 saturated heterocycles. The van der Waals surface area contributed by atoms with Crippen LogP contribution in [0.25, 0.3) is 0 Å². The first-order valence-electron chi connectivity index (χ1n) is 7.52. The minimum atomic E-state index is 0.903. The van der Waals surface area contributed by atoms with Gasteiger partial charge in [-0.05, 0) is 53.1 Å². The van der Waals surface area contributed by atoms with Crippen LogP contribution in [-0.4, -0.2) is 42.0 Å². The lowest BCUT2D eigenvalue weighted by molar-refractivity contribution is 0.0937. The van der Waals surface area contributed by atoms with Gasteiger partial charge in [0.05, 0.1) is 0 Å². The minimum absolute atomic E-state index is 0.903. The maximum Gasteiger partial charge on any atom is 0.0234 e. The fourth-order valence-electron chi connectivity index (χ4n) is 3.40. The Labute approximate surface area is 130 Å². The number of halogens is 1. The Morgan fingerprint density at radius 3 is 2.21 bits per heavy atom. The van der Waals surface area contributed by atoms with Gasteiger partial charge in [0.25, 0.3) is 0 Å². The van der Waals surface area contributed by atoms with Crippen molar-refractivity contribution in [3.63, 3.8) is 0 Å². The molecule has 3 rings (SSSR count). The molecule has 1 heterocycles. The normalized spacial score (nSPS) is 23.0. The monoisotopic (exact) mass is 370 g/mol. The Balaban J connectivity index is 1.48. The van der Waals surface area contributed by atoms with Crippen molar-refractivity contribution in [1.29, 1.82) is 0 Å². The van der Waals surface area contributed by atoms with Crippen LogP contribution in [0.5, 0.6) is 0 Å². The zero-order chi connectivity index (χ0) is 13.1. The summed E-state index contributed by atoms with van der Waals surface area (Å²) in [6.07, 6.45) is 5.79. The van der Waals surface area contributed by atoms with Gasteiger partial charge in [0.15, 0.2) is 0 Å². The van der Waals surface area contributed by atoms with Gasteiger partial charge in [-0.2, -0.15) is 0 Å². The smallest absolute Gasteiger partial charge is 0.0234 e. The Morgan fingerprint density at radius 1 is 0.947 bits per heavy atom. The molecule has 0 bridgehead atoms. The Morgan fingerprint density at radius 2 is 1.58 bits per heavy atom. The lowest BCUT2D eigenvalue weighted by atomic mass is 10.1. The highest BCUT2D eigenvalue weighted by atomic mass is 127. The van der Waals surface area contributed by atoms with Crippen LogP contribution in [0, 0.1) is 3.57 Å². The quantitative estimate of drug-likeness (QED) is 0.753. The van der Waals surface area contributed by atoms with Crippen LogP contribution in [0.4, 0.5) is 0 Å². The molecular weight excluding hydrogens is 347 g/mol. The van der Waals surface area contributed by atoms with E-state index in [1.807, 2.05) is 0 Å². The molecule has 1 aromatic carbocycles. The largest absolute Gasteiger partial charge is 0.298 e. The fourth-order valence-corrected chi connectivity index (χ4v) is 3.76. The van der Waals surface area contributed by atoms with Gasteiger partial charge in [-0.25, -0.2) is 0 Å². The van der Waals surface area contributed by atoms with Crippen LogP contribution >= 0.6 is 22.6 Å². The van der Waals surface area contributed by atoms with E-state index in [9.17, 15) is 0 Å². The topological polar surface area (TPSA) is 6.48 Å². The van der Waals surface area contributed by atoms with E-state index in [0.717, 1.165) is 12.6 Å². The molecule has 1 aliphatic heterocycles. The van der Waals surface area contributed by atoms with E-state index in [2.05, 4.69) is 56.7 Å². The number of rotatable bonds is 3. The van der Waals surface area contributed by atoms with Crippen molar-refractivity contribution in [2.45, 2.75) is 38.3 Å². The molecule has 1 aromatic rings. The van der Waals surface area contributed by atoms with Crippen molar-refractivity contribution in [3.8, 4) is 0 Å². The van der Waals surface area contributed by atoms with Crippen molar-refractivity contribution in [2.75, 3.05) is 26.2 Å². The molecule has 0 atom stereocenters. The Bertz CT molecular complexity index is 390. The highest BCUT2D eigenvalue weighted by Crippen LogP contribution is 2.24. The van der Waals surface area contributed by atoms with E-state index in [4.69, 9.17) is 0 Å². The molecule has 0 aromatic heterocycles. The summed E-state index contributed by atoms with van der Waals surface area (Å²) in [4.78, 5) is 5.34. The summed E-state index contributed by atoms with van der Waals surface area (Å²) >= 11 is 2.37. The average Bonchev–Trinajstić information content (AvgIpc) is 2.96. The summed E-state index contributed by atoms with van der Waals surface area (Å²) in [7, 11) is 0. The van der Waals surface area contributed by atoms with Gasteiger partial charge in [-0.1, -0.05) is 25.0 Å². The molecule has 0 spiro atoms. The molecule has 2 nitrogen and oxygen atoms in total. The molecule has 1 saturated carbocycles. The SMILES string of the molecule is Ic1ccc(CN2CCN(C3CCCC3)CC2)cc1. The third-order valence-corrected chi connectivity index (χ3v) is 5.29. The molecule has 3 heteroatoms.